The van der Waals surface area contributed by atoms with E-state index in [-0.39, 0.29) is 0 Å². The second-order valence-electron chi connectivity index (χ2n) is 5.10. The SMILES string of the molecule is Cc1cc(Cl)ccc1N1CCCN(C)C(CN)C1. The van der Waals surface area contributed by atoms with E-state index in [1.807, 2.05) is 12.1 Å². The van der Waals surface area contributed by atoms with E-state index >= 15 is 0 Å². The summed E-state index contributed by atoms with van der Waals surface area (Å²) in [6.07, 6.45) is 1.18. The van der Waals surface area contributed by atoms with Gasteiger partial charge in [0.1, 0.15) is 0 Å². The molecule has 1 aliphatic heterocycles. The van der Waals surface area contributed by atoms with Gasteiger partial charge in [-0.05, 0) is 50.7 Å². The summed E-state index contributed by atoms with van der Waals surface area (Å²) in [5, 5.41) is 0.804. The number of nitrogens with two attached hydrogens (primary N) is 1. The minimum absolute atomic E-state index is 0.433. The van der Waals surface area contributed by atoms with Crippen LogP contribution in [0.4, 0.5) is 5.69 Å². The fraction of sp³-hybridized carbons (Fsp3) is 0.571. The normalized spacial score (nSPS) is 22.0. The number of likely N-dealkylation sites (N-methyl/N-ethyl adjacent to an activating group) is 1. The van der Waals surface area contributed by atoms with Gasteiger partial charge in [0.25, 0.3) is 0 Å². The maximum Gasteiger partial charge on any atom is 0.0410 e. The van der Waals surface area contributed by atoms with Crippen LogP contribution in [0, 0.1) is 6.92 Å². The van der Waals surface area contributed by atoms with E-state index in [9.17, 15) is 0 Å². The van der Waals surface area contributed by atoms with Crippen molar-refractivity contribution in [3.63, 3.8) is 0 Å². The van der Waals surface area contributed by atoms with Crippen molar-refractivity contribution in [1.82, 2.24) is 4.90 Å². The zero-order chi connectivity index (χ0) is 13.1. The van der Waals surface area contributed by atoms with Crippen LogP contribution in [0.1, 0.15) is 12.0 Å². The van der Waals surface area contributed by atoms with E-state index in [0.29, 0.717) is 12.6 Å². The third-order valence-corrected chi connectivity index (χ3v) is 4.00. The molecule has 1 aromatic rings. The van der Waals surface area contributed by atoms with Gasteiger partial charge in [0.2, 0.25) is 0 Å². The summed E-state index contributed by atoms with van der Waals surface area (Å²) in [5.74, 6) is 0. The topological polar surface area (TPSA) is 32.5 Å². The Morgan fingerprint density at radius 3 is 2.83 bits per heavy atom. The Morgan fingerprint density at radius 1 is 1.39 bits per heavy atom. The number of anilines is 1. The summed E-state index contributed by atoms with van der Waals surface area (Å²) >= 11 is 6.02. The first-order valence-electron chi connectivity index (χ1n) is 6.53. The highest BCUT2D eigenvalue weighted by molar-refractivity contribution is 6.30. The van der Waals surface area contributed by atoms with E-state index in [4.69, 9.17) is 17.3 Å². The molecule has 0 aromatic heterocycles. The molecule has 1 heterocycles. The van der Waals surface area contributed by atoms with Gasteiger partial charge < -0.3 is 15.5 Å². The summed E-state index contributed by atoms with van der Waals surface area (Å²) in [6.45, 7) is 6.02. The van der Waals surface area contributed by atoms with Crippen LogP contribution >= 0.6 is 11.6 Å². The summed E-state index contributed by atoms with van der Waals surface area (Å²) in [5.41, 5.74) is 8.40. The molecule has 0 radical (unpaired) electrons. The molecule has 0 amide bonds. The molecule has 1 unspecified atom stereocenters. The van der Waals surface area contributed by atoms with Crippen LogP contribution in [-0.4, -0.2) is 44.2 Å². The van der Waals surface area contributed by atoms with Gasteiger partial charge in [0.05, 0.1) is 0 Å². The summed E-state index contributed by atoms with van der Waals surface area (Å²) in [6, 6.07) is 6.55. The van der Waals surface area contributed by atoms with Crippen molar-refractivity contribution in [2.75, 3.05) is 38.1 Å². The highest BCUT2D eigenvalue weighted by Crippen LogP contribution is 2.25. The molecule has 1 fully saturated rings. The lowest BCUT2D eigenvalue weighted by Crippen LogP contribution is -2.44. The zero-order valence-corrected chi connectivity index (χ0v) is 12.0. The molecule has 1 aromatic carbocycles. The standard InChI is InChI=1S/C14H22ClN3/c1-11-8-12(15)4-5-14(11)18-7-3-6-17(2)13(9-16)10-18/h4-5,8,13H,3,6-7,9-10,16H2,1-2H3. The fourth-order valence-electron chi connectivity index (χ4n) is 2.63. The predicted octanol–water partition coefficient (Wildman–Crippen LogP) is 2.12. The van der Waals surface area contributed by atoms with Crippen molar-refractivity contribution >= 4 is 17.3 Å². The van der Waals surface area contributed by atoms with Crippen molar-refractivity contribution in [2.24, 2.45) is 5.73 Å². The van der Waals surface area contributed by atoms with Crippen LogP contribution in [0.3, 0.4) is 0 Å². The highest BCUT2D eigenvalue weighted by atomic mass is 35.5. The molecular weight excluding hydrogens is 246 g/mol. The van der Waals surface area contributed by atoms with Crippen molar-refractivity contribution in [2.45, 2.75) is 19.4 Å². The van der Waals surface area contributed by atoms with Crippen LogP contribution in [-0.2, 0) is 0 Å². The Labute approximate surface area is 115 Å². The van der Waals surface area contributed by atoms with Crippen molar-refractivity contribution in [1.29, 1.82) is 0 Å². The second kappa shape index (κ2) is 5.91. The minimum atomic E-state index is 0.433. The second-order valence-corrected chi connectivity index (χ2v) is 5.54. The molecule has 0 aliphatic carbocycles. The first kappa shape index (κ1) is 13.7. The van der Waals surface area contributed by atoms with Gasteiger partial charge in [-0.3, -0.25) is 0 Å². The molecule has 0 spiro atoms. The Kier molecular flexibility index (Phi) is 4.49. The maximum absolute atomic E-state index is 6.02. The lowest BCUT2D eigenvalue weighted by Gasteiger charge is -2.30. The molecule has 0 saturated carbocycles. The average Bonchev–Trinajstić information content (AvgIpc) is 2.51. The average molecular weight is 268 g/mol. The van der Waals surface area contributed by atoms with Crippen LogP contribution in [0.25, 0.3) is 0 Å². The van der Waals surface area contributed by atoms with Crippen LogP contribution in [0.2, 0.25) is 5.02 Å². The molecule has 3 nitrogen and oxygen atoms in total. The molecule has 4 heteroatoms. The van der Waals surface area contributed by atoms with Gasteiger partial charge in [0.15, 0.2) is 0 Å². The van der Waals surface area contributed by atoms with E-state index in [1.54, 1.807) is 0 Å². The van der Waals surface area contributed by atoms with E-state index in [1.165, 1.54) is 17.7 Å². The molecule has 18 heavy (non-hydrogen) atoms. The van der Waals surface area contributed by atoms with Gasteiger partial charge in [-0.25, -0.2) is 0 Å². The number of hydrogen-bond acceptors (Lipinski definition) is 3. The first-order valence-corrected chi connectivity index (χ1v) is 6.91. The molecule has 100 valence electrons. The monoisotopic (exact) mass is 267 g/mol. The number of rotatable bonds is 2. The van der Waals surface area contributed by atoms with Crippen molar-refractivity contribution < 1.29 is 0 Å². The maximum atomic E-state index is 6.02. The quantitative estimate of drug-likeness (QED) is 0.891. The summed E-state index contributed by atoms with van der Waals surface area (Å²) < 4.78 is 0. The zero-order valence-electron chi connectivity index (χ0n) is 11.2. The van der Waals surface area contributed by atoms with Gasteiger partial charge in [-0.1, -0.05) is 11.6 Å². The fourth-order valence-corrected chi connectivity index (χ4v) is 2.85. The van der Waals surface area contributed by atoms with Gasteiger partial charge in [0, 0.05) is 36.4 Å². The van der Waals surface area contributed by atoms with Gasteiger partial charge in [-0.15, -0.1) is 0 Å². The number of benzene rings is 1. The van der Waals surface area contributed by atoms with Crippen LogP contribution in [0.5, 0.6) is 0 Å². The van der Waals surface area contributed by atoms with Gasteiger partial charge in [-0.2, -0.15) is 0 Å². The van der Waals surface area contributed by atoms with Crippen molar-refractivity contribution in [3.8, 4) is 0 Å². The first-order chi connectivity index (χ1) is 8.61. The number of aryl methyl sites for hydroxylation is 1. The summed E-state index contributed by atoms with van der Waals surface area (Å²) in [4.78, 5) is 4.80. The van der Waals surface area contributed by atoms with Crippen molar-refractivity contribution in [3.05, 3.63) is 28.8 Å². The molecular formula is C14H22ClN3. The largest absolute Gasteiger partial charge is 0.370 e. The highest BCUT2D eigenvalue weighted by Gasteiger charge is 2.22. The smallest absolute Gasteiger partial charge is 0.0410 e. The molecule has 2 rings (SSSR count). The lowest BCUT2D eigenvalue weighted by atomic mass is 10.1. The molecule has 2 N–H and O–H groups in total. The molecule has 0 bridgehead atoms. The Hall–Kier alpha value is -0.770. The number of hydrogen-bond donors (Lipinski definition) is 1. The summed E-state index contributed by atoms with van der Waals surface area (Å²) in [7, 11) is 2.16. The lowest BCUT2D eigenvalue weighted by molar-refractivity contribution is 0.266. The van der Waals surface area contributed by atoms with Gasteiger partial charge >= 0.3 is 0 Å². The molecule has 1 saturated heterocycles. The van der Waals surface area contributed by atoms with Crippen LogP contribution in [0.15, 0.2) is 18.2 Å². The van der Waals surface area contributed by atoms with E-state index in [2.05, 4.69) is 29.8 Å². The van der Waals surface area contributed by atoms with Crippen LogP contribution < -0.4 is 10.6 Å². The Bertz CT molecular complexity index is 408. The molecule has 1 aliphatic rings. The number of halogens is 1. The predicted molar refractivity (Wildman–Crippen MR) is 78.5 cm³/mol. The van der Waals surface area contributed by atoms with E-state index in [0.717, 1.165) is 24.7 Å². The molecule has 1 atom stereocenters. The Balaban J connectivity index is 2.21. The van der Waals surface area contributed by atoms with E-state index < -0.39 is 0 Å². The number of nitrogens with zero attached hydrogens (tertiary/aromatic N) is 2. The minimum Gasteiger partial charge on any atom is -0.370 e. The third kappa shape index (κ3) is 2.97. The Morgan fingerprint density at radius 2 is 2.17 bits per heavy atom. The third-order valence-electron chi connectivity index (χ3n) is 3.76.